The van der Waals surface area contributed by atoms with E-state index in [1.807, 2.05) is 0 Å². The topological polar surface area (TPSA) is 0 Å². The van der Waals surface area contributed by atoms with Gasteiger partial charge in [-0.25, -0.2) is 0 Å². The first kappa shape index (κ1) is 15.7. The van der Waals surface area contributed by atoms with E-state index in [2.05, 4.69) is 0 Å². The van der Waals surface area contributed by atoms with Gasteiger partial charge >= 0.3 is 42.8 Å². The minimum absolute atomic E-state index is 0. The zero-order valence-electron chi connectivity index (χ0n) is 2.19. The average Bonchev–Trinajstić information content (AvgIpc) is 0.811. The van der Waals surface area contributed by atoms with E-state index in [1.54, 1.807) is 0 Å². The number of hydrogen-bond donors (Lipinski definition) is 0. The quantitative estimate of drug-likeness (QED) is 0.380. The molecule has 0 rings (SSSR count). The van der Waals surface area contributed by atoms with E-state index in [0.29, 0.717) is 0 Å². The van der Waals surface area contributed by atoms with Crippen molar-refractivity contribution in [1.82, 2.24) is 0 Å². The predicted molar refractivity (Wildman–Crippen MR) is 17.6 cm³/mol. The molecule has 0 saturated heterocycles. The second-order valence-electron chi connectivity index (χ2n) is 0.129. The van der Waals surface area contributed by atoms with Gasteiger partial charge in [0.15, 0.2) is 0 Å². The van der Waals surface area contributed by atoms with Crippen LogP contribution in [0.3, 0.4) is 0 Å². The van der Waals surface area contributed by atoms with Gasteiger partial charge < -0.3 is 24.8 Å². The maximum absolute atomic E-state index is 4.95. The summed E-state index contributed by atoms with van der Waals surface area (Å²) in [6.45, 7) is 0. The minimum atomic E-state index is -1.79. The Labute approximate surface area is 66.9 Å². The molecule has 0 aromatic carbocycles. The fraction of sp³-hybridized carbons (Fsp3) is 0. The summed E-state index contributed by atoms with van der Waals surface area (Å²) in [7, 11) is 14.9. The molecule has 0 amide bonds. The molecule has 0 aromatic rings. The average molecular weight is 374 g/mol. The van der Waals surface area contributed by atoms with E-state index in [9.17, 15) is 0 Å². The molecule has 0 spiro atoms. The molecule has 0 bridgehead atoms. The third-order valence-corrected chi connectivity index (χ3v) is 0. The van der Waals surface area contributed by atoms with Crippen molar-refractivity contribution in [2.75, 3.05) is 0 Å². The van der Waals surface area contributed by atoms with Gasteiger partial charge in [-0.1, -0.05) is 0 Å². The summed E-state index contributed by atoms with van der Waals surface area (Å²) < 4.78 is 0. The zero-order chi connectivity index (χ0) is 3.58. The fourth-order valence-electron chi connectivity index (χ4n) is 0. The van der Waals surface area contributed by atoms with Crippen molar-refractivity contribution in [3.8, 4) is 0 Å². The van der Waals surface area contributed by atoms with Crippen molar-refractivity contribution >= 4 is 27.6 Å². The zero-order valence-corrected chi connectivity index (χ0v) is 8.14. The summed E-state index contributed by atoms with van der Waals surface area (Å²) in [6, 6.07) is 0. The third kappa shape index (κ3) is 34.8. The van der Waals surface area contributed by atoms with Crippen LogP contribution in [-0.4, -0.2) is 0 Å². The van der Waals surface area contributed by atoms with Crippen molar-refractivity contribution < 1.29 is 40.0 Å². The van der Waals surface area contributed by atoms with E-state index >= 15 is 0 Å². The normalized spacial score (nSPS) is 7.50. The van der Waals surface area contributed by atoms with Gasteiger partial charge in [-0.2, -0.15) is 0 Å². The monoisotopic (exact) mass is 372 g/mol. The molecule has 0 atom stereocenters. The molecular formula is AuCl5-2. The molecule has 48 valence electrons. The molecule has 0 radical (unpaired) electrons. The first-order valence-electron chi connectivity index (χ1n) is 0.342. The summed E-state index contributed by atoms with van der Waals surface area (Å²) in [4.78, 5) is 0. The molecule has 0 aromatic heterocycles. The summed E-state index contributed by atoms with van der Waals surface area (Å²) in [5.41, 5.74) is 0. The Morgan fingerprint density at radius 2 is 0.833 bits per heavy atom. The number of rotatable bonds is 0. The van der Waals surface area contributed by atoms with Gasteiger partial charge in [0, 0.05) is 0 Å². The van der Waals surface area contributed by atoms with Crippen LogP contribution < -0.4 is 24.8 Å². The number of halogens is 5. The molecule has 0 aliphatic heterocycles. The van der Waals surface area contributed by atoms with E-state index < -0.39 is 15.2 Å². The Hall–Kier alpha value is 2.19. The molecular weight excluding hydrogens is 374 g/mol. The standard InChI is InChI=1S/Au.5ClH/h;5*1H/q+3;;;;;/p-5. The molecule has 0 aliphatic carbocycles. The molecule has 0 aliphatic rings. The summed E-state index contributed by atoms with van der Waals surface area (Å²) in [6.07, 6.45) is 0. The molecule has 6 heteroatoms. The summed E-state index contributed by atoms with van der Waals surface area (Å²) in [5, 5.41) is 0. The van der Waals surface area contributed by atoms with Crippen LogP contribution in [0.15, 0.2) is 0 Å². The van der Waals surface area contributed by atoms with Crippen LogP contribution in [0.25, 0.3) is 0 Å². The van der Waals surface area contributed by atoms with Crippen molar-refractivity contribution in [2.24, 2.45) is 0 Å². The van der Waals surface area contributed by atoms with Crippen LogP contribution in [0.2, 0.25) is 0 Å². The molecule has 0 saturated carbocycles. The maximum atomic E-state index is 4.95. The van der Waals surface area contributed by atoms with Crippen LogP contribution in [0.5, 0.6) is 0 Å². The van der Waals surface area contributed by atoms with Crippen molar-refractivity contribution in [1.29, 1.82) is 0 Å². The Balaban J connectivity index is -0.0000000450. The summed E-state index contributed by atoms with van der Waals surface area (Å²) >= 11 is -1.79. The first-order valence-corrected chi connectivity index (χ1v) is 8.40. The molecule has 0 fully saturated rings. The van der Waals surface area contributed by atoms with Crippen LogP contribution in [0, 0.1) is 0 Å². The van der Waals surface area contributed by atoms with Crippen LogP contribution in [0.1, 0.15) is 0 Å². The molecule has 0 N–H and O–H groups in total. The summed E-state index contributed by atoms with van der Waals surface area (Å²) in [5.74, 6) is 0. The second kappa shape index (κ2) is 10.2. The van der Waals surface area contributed by atoms with Gasteiger partial charge in [-0.15, -0.1) is 0 Å². The van der Waals surface area contributed by atoms with Gasteiger partial charge in [-0.3, -0.25) is 0 Å². The molecule has 6 heavy (non-hydrogen) atoms. The predicted octanol–water partition coefficient (Wildman–Crippen LogP) is -3.93. The Bertz CT molecular complexity index is 8.66. The van der Waals surface area contributed by atoms with Gasteiger partial charge in [0.05, 0.1) is 0 Å². The van der Waals surface area contributed by atoms with E-state index in [4.69, 9.17) is 27.6 Å². The van der Waals surface area contributed by atoms with E-state index in [0.717, 1.165) is 0 Å². The van der Waals surface area contributed by atoms with Crippen LogP contribution >= 0.6 is 27.6 Å². The van der Waals surface area contributed by atoms with Crippen molar-refractivity contribution in [3.05, 3.63) is 0 Å². The van der Waals surface area contributed by atoms with Crippen molar-refractivity contribution in [3.63, 3.8) is 0 Å². The van der Waals surface area contributed by atoms with Gasteiger partial charge in [0.2, 0.25) is 0 Å². The van der Waals surface area contributed by atoms with E-state index in [-0.39, 0.29) is 24.8 Å². The third-order valence-electron chi connectivity index (χ3n) is 0. The van der Waals surface area contributed by atoms with Crippen LogP contribution in [0.4, 0.5) is 0 Å². The molecule has 0 unspecified atom stereocenters. The molecule has 0 heterocycles. The fourth-order valence-corrected chi connectivity index (χ4v) is 0. The Kier molecular flexibility index (Phi) is 26.8. The first-order chi connectivity index (χ1) is 1.73. The molecule has 0 nitrogen and oxygen atoms in total. The van der Waals surface area contributed by atoms with Gasteiger partial charge in [0.25, 0.3) is 0 Å². The van der Waals surface area contributed by atoms with Gasteiger partial charge in [-0.05, 0) is 0 Å². The second-order valence-corrected chi connectivity index (χ2v) is 9.52. The van der Waals surface area contributed by atoms with E-state index in [1.165, 1.54) is 0 Å². The van der Waals surface area contributed by atoms with Crippen LogP contribution in [-0.2, 0) is 15.2 Å². The SMILES string of the molecule is [Cl-].[Cl-].[Cl][Au]([Cl])[Cl]. The van der Waals surface area contributed by atoms with Gasteiger partial charge in [0.1, 0.15) is 0 Å². The van der Waals surface area contributed by atoms with Crippen molar-refractivity contribution in [2.45, 2.75) is 0 Å². The number of hydrogen-bond acceptors (Lipinski definition) is 0. The Morgan fingerprint density at radius 3 is 0.833 bits per heavy atom. The Morgan fingerprint density at radius 1 is 0.833 bits per heavy atom.